The zero-order valence-electron chi connectivity index (χ0n) is 7.88. The van der Waals surface area contributed by atoms with Crippen molar-refractivity contribution >= 4 is 0 Å². The highest BCUT2D eigenvalue weighted by atomic mass is 16.3. The van der Waals surface area contributed by atoms with E-state index >= 15 is 0 Å². The minimum Gasteiger partial charge on any atom is -0.389 e. The molecule has 0 amide bonds. The predicted octanol–water partition coefficient (Wildman–Crippen LogP) is 0.698. The SMILES string of the molecule is Cc1ccncc1C(O)C(O)CC#N. The number of aromatic nitrogens is 1. The second-order valence-electron chi connectivity index (χ2n) is 3.11. The zero-order chi connectivity index (χ0) is 10.6. The van der Waals surface area contributed by atoms with Crippen molar-refractivity contribution in [1.29, 1.82) is 5.26 Å². The van der Waals surface area contributed by atoms with Crippen LogP contribution in [0.1, 0.15) is 23.7 Å². The Labute approximate surface area is 82.5 Å². The average molecular weight is 192 g/mol. The Balaban J connectivity index is 2.84. The number of aliphatic hydroxyl groups excluding tert-OH is 2. The standard InChI is InChI=1S/C10H12N2O2/c1-7-3-5-12-6-8(7)10(14)9(13)2-4-11/h3,5-6,9-10,13-14H,2H2,1H3. The van der Waals surface area contributed by atoms with Crippen LogP contribution in [0.2, 0.25) is 0 Å². The van der Waals surface area contributed by atoms with E-state index < -0.39 is 12.2 Å². The minimum atomic E-state index is -1.05. The monoisotopic (exact) mass is 192 g/mol. The number of nitrogens with zero attached hydrogens (tertiary/aromatic N) is 2. The summed E-state index contributed by atoms with van der Waals surface area (Å²) >= 11 is 0. The third-order valence-electron chi connectivity index (χ3n) is 2.06. The van der Waals surface area contributed by atoms with Crippen LogP contribution in [0.5, 0.6) is 0 Å². The fourth-order valence-electron chi connectivity index (χ4n) is 1.20. The van der Waals surface area contributed by atoms with E-state index in [1.165, 1.54) is 6.20 Å². The van der Waals surface area contributed by atoms with E-state index in [0.717, 1.165) is 5.56 Å². The van der Waals surface area contributed by atoms with E-state index in [4.69, 9.17) is 5.26 Å². The maximum atomic E-state index is 9.66. The summed E-state index contributed by atoms with van der Waals surface area (Å²) < 4.78 is 0. The maximum Gasteiger partial charge on any atom is 0.108 e. The highest BCUT2D eigenvalue weighted by Gasteiger charge is 2.19. The smallest absolute Gasteiger partial charge is 0.108 e. The van der Waals surface area contributed by atoms with Crippen LogP contribution in [-0.4, -0.2) is 21.3 Å². The van der Waals surface area contributed by atoms with Crippen molar-refractivity contribution in [2.24, 2.45) is 0 Å². The summed E-state index contributed by atoms with van der Waals surface area (Å²) in [6, 6.07) is 3.55. The molecule has 0 radical (unpaired) electrons. The van der Waals surface area contributed by atoms with Crippen molar-refractivity contribution in [3.63, 3.8) is 0 Å². The summed E-state index contributed by atoms with van der Waals surface area (Å²) in [4.78, 5) is 3.86. The van der Waals surface area contributed by atoms with E-state index in [9.17, 15) is 10.2 Å². The molecular formula is C10H12N2O2. The van der Waals surface area contributed by atoms with Crippen LogP contribution in [0.3, 0.4) is 0 Å². The van der Waals surface area contributed by atoms with E-state index in [-0.39, 0.29) is 6.42 Å². The van der Waals surface area contributed by atoms with Crippen molar-refractivity contribution < 1.29 is 10.2 Å². The molecule has 0 saturated heterocycles. The molecule has 0 aliphatic carbocycles. The van der Waals surface area contributed by atoms with Crippen LogP contribution < -0.4 is 0 Å². The molecule has 0 spiro atoms. The van der Waals surface area contributed by atoms with Crippen LogP contribution in [0, 0.1) is 18.3 Å². The molecule has 2 N–H and O–H groups in total. The summed E-state index contributed by atoms with van der Waals surface area (Å²) in [5, 5.41) is 27.4. The molecule has 4 nitrogen and oxygen atoms in total. The van der Waals surface area contributed by atoms with Crippen LogP contribution >= 0.6 is 0 Å². The van der Waals surface area contributed by atoms with Crippen LogP contribution in [0.15, 0.2) is 18.5 Å². The summed E-state index contributed by atoms with van der Waals surface area (Å²) in [6.07, 6.45) is 0.935. The first-order valence-corrected chi connectivity index (χ1v) is 4.30. The Morgan fingerprint density at radius 1 is 1.57 bits per heavy atom. The van der Waals surface area contributed by atoms with Gasteiger partial charge in [-0.05, 0) is 18.6 Å². The van der Waals surface area contributed by atoms with Gasteiger partial charge in [-0.1, -0.05) is 0 Å². The molecule has 0 aliphatic rings. The number of hydrogen-bond acceptors (Lipinski definition) is 4. The van der Waals surface area contributed by atoms with Crippen molar-refractivity contribution in [3.8, 4) is 6.07 Å². The maximum absolute atomic E-state index is 9.66. The van der Waals surface area contributed by atoms with E-state index in [1.54, 1.807) is 12.3 Å². The van der Waals surface area contributed by atoms with E-state index in [1.807, 2.05) is 13.0 Å². The lowest BCUT2D eigenvalue weighted by Crippen LogP contribution is -2.18. The van der Waals surface area contributed by atoms with Gasteiger partial charge in [0.05, 0.1) is 18.6 Å². The molecule has 0 fully saturated rings. The molecule has 4 heteroatoms. The van der Waals surface area contributed by atoms with E-state index in [0.29, 0.717) is 5.56 Å². The predicted molar refractivity (Wildman–Crippen MR) is 50.2 cm³/mol. The lowest BCUT2D eigenvalue weighted by Gasteiger charge is -2.16. The summed E-state index contributed by atoms with van der Waals surface area (Å²) in [6.45, 7) is 1.82. The van der Waals surface area contributed by atoms with Crippen LogP contribution in [0.25, 0.3) is 0 Å². The Bertz CT molecular complexity index is 346. The first-order valence-electron chi connectivity index (χ1n) is 4.30. The second-order valence-corrected chi connectivity index (χ2v) is 3.11. The van der Waals surface area contributed by atoms with Crippen molar-refractivity contribution in [2.45, 2.75) is 25.6 Å². The molecule has 0 aliphatic heterocycles. The Morgan fingerprint density at radius 3 is 2.86 bits per heavy atom. The Hall–Kier alpha value is -1.44. The number of hydrogen-bond donors (Lipinski definition) is 2. The molecule has 2 atom stereocenters. The Morgan fingerprint density at radius 2 is 2.29 bits per heavy atom. The molecule has 0 aromatic carbocycles. The number of aliphatic hydroxyl groups is 2. The van der Waals surface area contributed by atoms with Gasteiger partial charge in [0, 0.05) is 18.0 Å². The molecular weight excluding hydrogens is 180 g/mol. The van der Waals surface area contributed by atoms with Gasteiger partial charge in [0.2, 0.25) is 0 Å². The molecule has 0 bridgehead atoms. The molecule has 0 saturated carbocycles. The first-order chi connectivity index (χ1) is 6.66. The molecule has 1 rings (SSSR count). The summed E-state index contributed by atoms with van der Waals surface area (Å²) in [7, 11) is 0. The molecule has 1 aromatic rings. The number of aryl methyl sites for hydroxylation is 1. The third kappa shape index (κ3) is 2.28. The molecule has 1 heterocycles. The summed E-state index contributed by atoms with van der Waals surface area (Å²) in [5.74, 6) is 0. The first kappa shape index (κ1) is 10.6. The molecule has 14 heavy (non-hydrogen) atoms. The van der Waals surface area contributed by atoms with Gasteiger partial charge in [-0.2, -0.15) is 5.26 Å². The van der Waals surface area contributed by atoms with Crippen molar-refractivity contribution in [1.82, 2.24) is 4.98 Å². The van der Waals surface area contributed by atoms with Gasteiger partial charge in [0.25, 0.3) is 0 Å². The van der Waals surface area contributed by atoms with Gasteiger partial charge < -0.3 is 10.2 Å². The lowest BCUT2D eigenvalue weighted by molar-refractivity contribution is 0.0210. The second kappa shape index (κ2) is 4.70. The van der Waals surface area contributed by atoms with E-state index in [2.05, 4.69) is 4.98 Å². The van der Waals surface area contributed by atoms with Gasteiger partial charge in [-0.15, -0.1) is 0 Å². The van der Waals surface area contributed by atoms with Crippen molar-refractivity contribution in [2.75, 3.05) is 0 Å². The highest BCUT2D eigenvalue weighted by molar-refractivity contribution is 5.24. The largest absolute Gasteiger partial charge is 0.389 e. The topological polar surface area (TPSA) is 77.1 Å². The lowest BCUT2D eigenvalue weighted by atomic mass is 10.0. The number of rotatable bonds is 3. The summed E-state index contributed by atoms with van der Waals surface area (Å²) in [5.41, 5.74) is 1.42. The van der Waals surface area contributed by atoms with Gasteiger partial charge in [0.15, 0.2) is 0 Å². The van der Waals surface area contributed by atoms with Crippen LogP contribution in [0.4, 0.5) is 0 Å². The molecule has 74 valence electrons. The van der Waals surface area contributed by atoms with Crippen LogP contribution in [-0.2, 0) is 0 Å². The third-order valence-corrected chi connectivity index (χ3v) is 2.06. The fourth-order valence-corrected chi connectivity index (χ4v) is 1.20. The number of pyridine rings is 1. The Kier molecular flexibility index (Phi) is 3.57. The van der Waals surface area contributed by atoms with Gasteiger partial charge in [-0.3, -0.25) is 4.98 Å². The van der Waals surface area contributed by atoms with Gasteiger partial charge in [-0.25, -0.2) is 0 Å². The normalized spacial score (nSPS) is 14.4. The fraction of sp³-hybridized carbons (Fsp3) is 0.400. The van der Waals surface area contributed by atoms with Crippen molar-refractivity contribution in [3.05, 3.63) is 29.6 Å². The minimum absolute atomic E-state index is 0.0878. The number of nitriles is 1. The zero-order valence-corrected chi connectivity index (χ0v) is 7.88. The molecule has 2 unspecified atom stereocenters. The van der Waals surface area contributed by atoms with Gasteiger partial charge >= 0.3 is 0 Å². The quantitative estimate of drug-likeness (QED) is 0.739. The van der Waals surface area contributed by atoms with Gasteiger partial charge in [0.1, 0.15) is 6.10 Å². The molecule has 1 aromatic heterocycles. The average Bonchev–Trinajstić information content (AvgIpc) is 2.18. The highest BCUT2D eigenvalue weighted by Crippen LogP contribution is 2.20.